The lowest BCUT2D eigenvalue weighted by Gasteiger charge is -2.25. The van der Waals surface area contributed by atoms with Gasteiger partial charge < -0.3 is 4.90 Å². The second-order valence-corrected chi connectivity index (χ2v) is 9.99. The van der Waals surface area contributed by atoms with E-state index in [2.05, 4.69) is 154 Å². The first kappa shape index (κ1) is 21.2. The zero-order valence-corrected chi connectivity index (χ0v) is 21.1. The molecule has 0 amide bonds. The Labute approximate surface area is 218 Å². The molecule has 0 radical (unpaired) electrons. The highest BCUT2D eigenvalue weighted by Crippen LogP contribution is 2.42. The van der Waals surface area contributed by atoms with Crippen molar-refractivity contribution in [3.8, 4) is 11.1 Å². The maximum absolute atomic E-state index is 3.76. The molecule has 0 aliphatic heterocycles. The summed E-state index contributed by atoms with van der Waals surface area (Å²) in [5.41, 5.74) is 5.90. The van der Waals surface area contributed by atoms with Crippen molar-refractivity contribution in [1.82, 2.24) is 0 Å². The van der Waals surface area contributed by atoms with E-state index in [0.717, 1.165) is 21.5 Å². The molecule has 2 heteroatoms. The van der Waals surface area contributed by atoms with Gasteiger partial charge in [0, 0.05) is 21.5 Å². The second kappa shape index (κ2) is 8.51. The number of hydrogen-bond donors (Lipinski definition) is 0. The van der Waals surface area contributed by atoms with Gasteiger partial charge in [-0.05, 0) is 85.9 Å². The number of halogens is 1. The zero-order valence-electron chi connectivity index (χ0n) is 19.5. The van der Waals surface area contributed by atoms with Crippen LogP contribution in [-0.4, -0.2) is 0 Å². The molecule has 0 unspecified atom stereocenters. The average molecular weight is 524 g/mol. The highest BCUT2D eigenvalue weighted by Gasteiger charge is 2.15. The van der Waals surface area contributed by atoms with E-state index in [1.54, 1.807) is 0 Å². The van der Waals surface area contributed by atoms with Crippen LogP contribution in [0.2, 0.25) is 0 Å². The van der Waals surface area contributed by atoms with E-state index < -0.39 is 0 Å². The van der Waals surface area contributed by atoms with Crippen molar-refractivity contribution in [1.29, 1.82) is 0 Å². The molecule has 0 saturated carbocycles. The summed E-state index contributed by atoms with van der Waals surface area (Å²) in [5.74, 6) is 0. The van der Waals surface area contributed by atoms with Crippen molar-refractivity contribution in [3.63, 3.8) is 0 Å². The summed E-state index contributed by atoms with van der Waals surface area (Å²) in [6.45, 7) is 0. The van der Waals surface area contributed by atoms with Crippen LogP contribution in [0.1, 0.15) is 0 Å². The van der Waals surface area contributed by atoms with Gasteiger partial charge in [-0.2, -0.15) is 0 Å². The molecular weight excluding hydrogens is 502 g/mol. The number of anilines is 3. The minimum Gasteiger partial charge on any atom is -0.311 e. The van der Waals surface area contributed by atoms with Crippen LogP contribution in [0.25, 0.3) is 43.4 Å². The molecule has 7 rings (SSSR count). The SMILES string of the molecule is Brc1ccc2ccc3c(-c4ccc(N(c5ccccc5)c5ccccc5)cc4)ccc4ccc1c2c43. The molecule has 0 saturated heterocycles. The van der Waals surface area contributed by atoms with Crippen LogP contribution >= 0.6 is 15.9 Å². The van der Waals surface area contributed by atoms with Crippen molar-refractivity contribution in [2.24, 2.45) is 0 Å². The Balaban J connectivity index is 1.38. The number of rotatable bonds is 4. The highest BCUT2D eigenvalue weighted by molar-refractivity contribution is 9.10. The standard InChI is InChI=1S/C34H22BrN/c35-32-22-16-25-14-20-30-29(19-13-24-15-21-31(32)34(25)33(24)30)23-11-17-28(18-12-23)36(26-7-3-1-4-8-26)27-9-5-2-6-10-27/h1-22H. The van der Waals surface area contributed by atoms with E-state index in [0.29, 0.717) is 0 Å². The van der Waals surface area contributed by atoms with E-state index in [1.165, 1.54) is 43.4 Å². The van der Waals surface area contributed by atoms with Crippen molar-refractivity contribution >= 4 is 65.3 Å². The zero-order chi connectivity index (χ0) is 24.1. The lowest BCUT2D eigenvalue weighted by molar-refractivity contribution is 1.28. The molecule has 0 aliphatic rings. The molecule has 0 fully saturated rings. The number of benzene rings is 7. The molecule has 0 spiro atoms. The summed E-state index contributed by atoms with van der Waals surface area (Å²) < 4.78 is 1.14. The molecule has 0 aromatic heterocycles. The molecule has 170 valence electrons. The van der Waals surface area contributed by atoms with Crippen LogP contribution < -0.4 is 4.90 Å². The summed E-state index contributed by atoms with van der Waals surface area (Å²) in [6.07, 6.45) is 0. The van der Waals surface area contributed by atoms with Gasteiger partial charge in [0.15, 0.2) is 0 Å². The first-order valence-corrected chi connectivity index (χ1v) is 12.9. The molecule has 0 bridgehead atoms. The van der Waals surface area contributed by atoms with Crippen molar-refractivity contribution in [2.45, 2.75) is 0 Å². The first-order chi connectivity index (χ1) is 17.8. The molecule has 7 aromatic carbocycles. The fourth-order valence-electron chi connectivity index (χ4n) is 5.41. The molecule has 0 N–H and O–H groups in total. The summed E-state index contributed by atoms with van der Waals surface area (Å²) in [5, 5.41) is 7.78. The Morgan fingerprint density at radius 2 is 0.917 bits per heavy atom. The normalized spacial score (nSPS) is 11.5. The maximum Gasteiger partial charge on any atom is 0.0462 e. The van der Waals surface area contributed by atoms with Gasteiger partial charge in [-0.15, -0.1) is 0 Å². The third kappa shape index (κ3) is 3.37. The minimum atomic E-state index is 1.14. The second-order valence-electron chi connectivity index (χ2n) is 9.14. The van der Waals surface area contributed by atoms with E-state index in [9.17, 15) is 0 Å². The van der Waals surface area contributed by atoms with Crippen molar-refractivity contribution in [2.75, 3.05) is 4.90 Å². The lowest BCUT2D eigenvalue weighted by atomic mass is 9.90. The molecule has 36 heavy (non-hydrogen) atoms. The summed E-state index contributed by atoms with van der Waals surface area (Å²) >= 11 is 3.76. The predicted octanol–water partition coefficient (Wildman–Crippen LogP) is 10.5. The van der Waals surface area contributed by atoms with E-state index in [1.807, 2.05) is 0 Å². The fourth-order valence-corrected chi connectivity index (χ4v) is 5.87. The topological polar surface area (TPSA) is 3.24 Å². The van der Waals surface area contributed by atoms with E-state index in [-0.39, 0.29) is 0 Å². The Hall–Kier alpha value is -4.14. The first-order valence-electron chi connectivity index (χ1n) is 12.1. The molecular formula is C34H22BrN. The van der Waals surface area contributed by atoms with Gasteiger partial charge in [-0.1, -0.05) is 107 Å². The third-order valence-corrected chi connectivity index (χ3v) is 7.77. The van der Waals surface area contributed by atoms with Crippen LogP contribution in [0.4, 0.5) is 17.1 Å². The number of hydrogen-bond acceptors (Lipinski definition) is 1. The largest absolute Gasteiger partial charge is 0.311 e. The quantitative estimate of drug-likeness (QED) is 0.207. The average Bonchev–Trinajstić information content (AvgIpc) is 2.94. The van der Waals surface area contributed by atoms with Crippen molar-refractivity contribution in [3.05, 3.63) is 138 Å². The van der Waals surface area contributed by atoms with Crippen LogP contribution in [0.5, 0.6) is 0 Å². The van der Waals surface area contributed by atoms with Gasteiger partial charge in [0.05, 0.1) is 0 Å². The van der Waals surface area contributed by atoms with Crippen LogP contribution in [-0.2, 0) is 0 Å². The molecule has 7 aromatic rings. The Morgan fingerprint density at radius 3 is 1.56 bits per heavy atom. The minimum absolute atomic E-state index is 1.14. The van der Waals surface area contributed by atoms with Gasteiger partial charge in [-0.3, -0.25) is 0 Å². The smallest absolute Gasteiger partial charge is 0.0462 e. The van der Waals surface area contributed by atoms with Crippen LogP contribution in [0.3, 0.4) is 0 Å². The lowest BCUT2D eigenvalue weighted by Crippen LogP contribution is -2.09. The van der Waals surface area contributed by atoms with Gasteiger partial charge in [-0.25, -0.2) is 0 Å². The Morgan fingerprint density at radius 1 is 0.417 bits per heavy atom. The number of para-hydroxylation sites is 2. The fraction of sp³-hybridized carbons (Fsp3) is 0. The molecule has 0 heterocycles. The Kier molecular flexibility index (Phi) is 5.00. The van der Waals surface area contributed by atoms with E-state index in [4.69, 9.17) is 0 Å². The summed E-state index contributed by atoms with van der Waals surface area (Å²) in [6, 6.07) is 47.9. The monoisotopic (exact) mass is 523 g/mol. The number of nitrogens with zero attached hydrogens (tertiary/aromatic N) is 1. The van der Waals surface area contributed by atoms with Crippen LogP contribution in [0, 0.1) is 0 Å². The third-order valence-electron chi connectivity index (χ3n) is 7.08. The molecule has 0 aliphatic carbocycles. The molecule has 1 nitrogen and oxygen atoms in total. The highest BCUT2D eigenvalue weighted by atomic mass is 79.9. The van der Waals surface area contributed by atoms with Gasteiger partial charge in [0.25, 0.3) is 0 Å². The van der Waals surface area contributed by atoms with Gasteiger partial charge in [0.1, 0.15) is 0 Å². The van der Waals surface area contributed by atoms with E-state index >= 15 is 0 Å². The molecule has 0 atom stereocenters. The maximum atomic E-state index is 3.76. The van der Waals surface area contributed by atoms with Gasteiger partial charge in [0.2, 0.25) is 0 Å². The van der Waals surface area contributed by atoms with Crippen molar-refractivity contribution < 1.29 is 0 Å². The summed E-state index contributed by atoms with van der Waals surface area (Å²) in [4.78, 5) is 2.30. The van der Waals surface area contributed by atoms with Crippen LogP contribution in [0.15, 0.2) is 138 Å². The van der Waals surface area contributed by atoms with Gasteiger partial charge >= 0.3 is 0 Å². The predicted molar refractivity (Wildman–Crippen MR) is 158 cm³/mol. The Bertz CT molecular complexity index is 1780. The summed E-state index contributed by atoms with van der Waals surface area (Å²) in [7, 11) is 0.